The van der Waals surface area contributed by atoms with E-state index < -0.39 is 0 Å². The average Bonchev–Trinajstić information content (AvgIpc) is 3.37. The predicted octanol–water partition coefficient (Wildman–Crippen LogP) is 3.44. The fraction of sp³-hybridized carbons (Fsp3) is 0.364. The third-order valence-electron chi connectivity index (χ3n) is 5.16. The molecule has 1 aliphatic rings. The highest BCUT2D eigenvalue weighted by Gasteiger charge is 2.26. The lowest BCUT2D eigenvalue weighted by atomic mass is 10.1. The summed E-state index contributed by atoms with van der Waals surface area (Å²) in [7, 11) is 4.09. The first-order chi connectivity index (χ1) is 13.7. The molecule has 0 saturated carbocycles. The van der Waals surface area contributed by atoms with Crippen LogP contribution in [0.25, 0.3) is 0 Å². The van der Waals surface area contributed by atoms with Crippen LogP contribution >= 0.6 is 0 Å². The molecule has 0 amide bonds. The van der Waals surface area contributed by atoms with Crippen molar-refractivity contribution in [2.24, 2.45) is 0 Å². The maximum absolute atomic E-state index is 5.81. The summed E-state index contributed by atoms with van der Waals surface area (Å²) in [6, 6.07) is 16.2. The summed E-state index contributed by atoms with van der Waals surface area (Å²) < 4.78 is 5.81. The van der Waals surface area contributed by atoms with Crippen molar-refractivity contribution in [1.82, 2.24) is 20.1 Å². The SMILES string of the molecule is CN(C)c1ncccc1CN1CC[C@@H](c2cc(COc3ccccc3)[nH]n2)C1. The minimum absolute atomic E-state index is 0.459. The Balaban J connectivity index is 1.34. The minimum atomic E-state index is 0.459. The van der Waals surface area contributed by atoms with Crippen LogP contribution in [0.4, 0.5) is 5.82 Å². The number of hydrogen-bond acceptors (Lipinski definition) is 5. The van der Waals surface area contributed by atoms with Crippen LogP contribution in [0.3, 0.4) is 0 Å². The van der Waals surface area contributed by atoms with Crippen molar-refractivity contribution in [1.29, 1.82) is 0 Å². The molecule has 0 radical (unpaired) electrons. The van der Waals surface area contributed by atoms with Gasteiger partial charge in [-0.05, 0) is 37.2 Å². The Morgan fingerprint density at radius 1 is 1.18 bits per heavy atom. The monoisotopic (exact) mass is 377 g/mol. The van der Waals surface area contributed by atoms with E-state index in [0.717, 1.165) is 49.0 Å². The first kappa shape index (κ1) is 18.5. The van der Waals surface area contributed by atoms with Crippen LogP contribution in [0.15, 0.2) is 54.7 Å². The van der Waals surface area contributed by atoms with Gasteiger partial charge in [-0.1, -0.05) is 24.3 Å². The van der Waals surface area contributed by atoms with Crippen molar-refractivity contribution < 1.29 is 4.74 Å². The summed E-state index contributed by atoms with van der Waals surface area (Å²) in [5, 5.41) is 7.68. The number of nitrogens with one attached hydrogen (secondary N) is 1. The Kier molecular flexibility index (Phi) is 5.58. The third-order valence-corrected chi connectivity index (χ3v) is 5.16. The standard InChI is InChI=1S/C22H27N5O/c1-26(2)22-18(7-6-11-23-22)15-27-12-10-17(14-27)21-13-19(24-25-21)16-28-20-8-4-3-5-9-20/h3-9,11,13,17H,10,12,14-16H2,1-2H3,(H,24,25)/t17-/m1/s1. The molecule has 1 N–H and O–H groups in total. The van der Waals surface area contributed by atoms with E-state index in [-0.39, 0.29) is 0 Å². The number of H-pyrrole nitrogens is 1. The van der Waals surface area contributed by atoms with E-state index in [0.29, 0.717) is 12.5 Å². The Labute approximate surface area is 166 Å². The normalized spacial score (nSPS) is 17.0. The molecule has 6 nitrogen and oxygen atoms in total. The van der Waals surface area contributed by atoms with Gasteiger partial charge >= 0.3 is 0 Å². The molecule has 146 valence electrons. The van der Waals surface area contributed by atoms with Crippen LogP contribution in [0.1, 0.15) is 29.3 Å². The van der Waals surface area contributed by atoms with Gasteiger partial charge in [0.2, 0.25) is 0 Å². The fourth-order valence-electron chi connectivity index (χ4n) is 3.76. The van der Waals surface area contributed by atoms with E-state index in [1.807, 2.05) is 56.7 Å². The zero-order valence-electron chi connectivity index (χ0n) is 16.5. The summed E-state index contributed by atoms with van der Waals surface area (Å²) in [6.07, 6.45) is 2.98. The van der Waals surface area contributed by atoms with Crippen LogP contribution in [-0.2, 0) is 13.2 Å². The number of aromatic nitrogens is 3. The lowest BCUT2D eigenvalue weighted by Gasteiger charge is -2.20. The lowest BCUT2D eigenvalue weighted by molar-refractivity contribution is 0.301. The second-order valence-corrected chi connectivity index (χ2v) is 7.52. The molecule has 3 aromatic rings. The Morgan fingerprint density at radius 3 is 2.86 bits per heavy atom. The first-order valence-corrected chi connectivity index (χ1v) is 9.74. The fourth-order valence-corrected chi connectivity index (χ4v) is 3.76. The maximum atomic E-state index is 5.81. The highest BCUT2D eigenvalue weighted by molar-refractivity contribution is 5.45. The van der Waals surface area contributed by atoms with Crippen LogP contribution in [0.2, 0.25) is 0 Å². The Hall–Kier alpha value is -2.86. The smallest absolute Gasteiger partial charge is 0.132 e. The number of nitrogens with zero attached hydrogens (tertiary/aromatic N) is 4. The van der Waals surface area contributed by atoms with Gasteiger partial charge in [0, 0.05) is 44.9 Å². The van der Waals surface area contributed by atoms with Gasteiger partial charge in [-0.3, -0.25) is 10.00 Å². The van der Waals surface area contributed by atoms with Crippen molar-refractivity contribution in [3.63, 3.8) is 0 Å². The second-order valence-electron chi connectivity index (χ2n) is 7.52. The number of benzene rings is 1. The Bertz CT molecular complexity index is 893. The van der Waals surface area contributed by atoms with Crippen molar-refractivity contribution in [3.05, 3.63) is 71.7 Å². The van der Waals surface area contributed by atoms with Gasteiger partial charge in [-0.2, -0.15) is 5.10 Å². The van der Waals surface area contributed by atoms with E-state index in [4.69, 9.17) is 4.74 Å². The molecule has 0 spiro atoms. The van der Waals surface area contributed by atoms with Crippen LogP contribution in [-0.4, -0.2) is 47.3 Å². The second kappa shape index (κ2) is 8.44. The van der Waals surface area contributed by atoms with Gasteiger partial charge in [-0.25, -0.2) is 4.98 Å². The van der Waals surface area contributed by atoms with Gasteiger partial charge in [0.1, 0.15) is 18.2 Å². The van der Waals surface area contributed by atoms with Crippen LogP contribution in [0, 0.1) is 0 Å². The molecule has 1 aliphatic heterocycles. The van der Waals surface area contributed by atoms with E-state index in [9.17, 15) is 0 Å². The lowest BCUT2D eigenvalue weighted by Crippen LogP contribution is -2.22. The van der Waals surface area contributed by atoms with E-state index >= 15 is 0 Å². The van der Waals surface area contributed by atoms with Gasteiger partial charge in [-0.15, -0.1) is 0 Å². The van der Waals surface area contributed by atoms with Gasteiger partial charge in [0.25, 0.3) is 0 Å². The van der Waals surface area contributed by atoms with Crippen LogP contribution < -0.4 is 9.64 Å². The average molecular weight is 377 g/mol. The molecule has 2 aromatic heterocycles. The van der Waals surface area contributed by atoms with E-state index in [2.05, 4.69) is 37.1 Å². The number of rotatable bonds is 7. The highest BCUT2D eigenvalue weighted by atomic mass is 16.5. The number of aromatic amines is 1. The van der Waals surface area contributed by atoms with E-state index in [1.165, 1.54) is 5.56 Å². The molecular weight excluding hydrogens is 350 g/mol. The first-order valence-electron chi connectivity index (χ1n) is 9.74. The number of anilines is 1. The predicted molar refractivity (Wildman–Crippen MR) is 111 cm³/mol. The summed E-state index contributed by atoms with van der Waals surface area (Å²) in [5.41, 5.74) is 3.42. The highest BCUT2D eigenvalue weighted by Crippen LogP contribution is 2.28. The molecule has 3 heterocycles. The molecule has 28 heavy (non-hydrogen) atoms. The number of likely N-dealkylation sites (tertiary alicyclic amines) is 1. The topological polar surface area (TPSA) is 57.3 Å². The Morgan fingerprint density at radius 2 is 2.04 bits per heavy atom. The third kappa shape index (κ3) is 4.34. The molecule has 0 unspecified atom stereocenters. The number of ether oxygens (including phenoxy) is 1. The summed E-state index contributed by atoms with van der Waals surface area (Å²) in [6.45, 7) is 3.53. The van der Waals surface area contributed by atoms with Crippen molar-refractivity contribution in [3.8, 4) is 5.75 Å². The molecular formula is C22H27N5O. The molecule has 1 saturated heterocycles. The molecule has 0 bridgehead atoms. The summed E-state index contributed by atoms with van der Waals surface area (Å²) >= 11 is 0. The number of pyridine rings is 1. The summed E-state index contributed by atoms with van der Waals surface area (Å²) in [5.74, 6) is 2.38. The zero-order chi connectivity index (χ0) is 19.3. The van der Waals surface area contributed by atoms with Crippen molar-refractivity contribution >= 4 is 5.82 Å². The maximum Gasteiger partial charge on any atom is 0.132 e. The molecule has 1 fully saturated rings. The van der Waals surface area contributed by atoms with Gasteiger partial charge < -0.3 is 9.64 Å². The molecule has 0 aliphatic carbocycles. The van der Waals surface area contributed by atoms with Crippen molar-refractivity contribution in [2.45, 2.75) is 25.5 Å². The van der Waals surface area contributed by atoms with Crippen molar-refractivity contribution in [2.75, 3.05) is 32.1 Å². The van der Waals surface area contributed by atoms with Gasteiger partial charge in [0.05, 0.1) is 11.4 Å². The molecule has 4 rings (SSSR count). The number of hydrogen-bond donors (Lipinski definition) is 1. The minimum Gasteiger partial charge on any atom is -0.487 e. The molecule has 1 aromatic carbocycles. The van der Waals surface area contributed by atoms with E-state index in [1.54, 1.807) is 0 Å². The van der Waals surface area contributed by atoms with Crippen LogP contribution in [0.5, 0.6) is 5.75 Å². The number of para-hydroxylation sites is 1. The van der Waals surface area contributed by atoms with Gasteiger partial charge in [0.15, 0.2) is 0 Å². The quantitative estimate of drug-likeness (QED) is 0.684. The summed E-state index contributed by atoms with van der Waals surface area (Å²) in [4.78, 5) is 9.08. The zero-order valence-corrected chi connectivity index (χ0v) is 16.5. The largest absolute Gasteiger partial charge is 0.487 e. The molecule has 6 heteroatoms. The molecule has 1 atom stereocenters.